The van der Waals surface area contributed by atoms with Crippen LogP contribution >= 0.6 is 0 Å². The van der Waals surface area contributed by atoms with Gasteiger partial charge in [0.15, 0.2) is 0 Å². The summed E-state index contributed by atoms with van der Waals surface area (Å²) in [6, 6.07) is 14.4. The van der Waals surface area contributed by atoms with Gasteiger partial charge in [-0.25, -0.2) is 4.99 Å². The third-order valence-electron chi connectivity index (χ3n) is 8.04. The van der Waals surface area contributed by atoms with Crippen molar-refractivity contribution in [3.63, 3.8) is 0 Å². The molecule has 37 heavy (non-hydrogen) atoms. The molecule has 2 aromatic rings. The number of nitrogens with two attached hydrogens (primary N) is 1. The molecule has 2 aliphatic heterocycles. The second-order valence-electron chi connectivity index (χ2n) is 11.2. The number of carbonyl (C=O) groups excluding carboxylic acids is 2. The molecular weight excluding hydrogens is 460 g/mol. The van der Waals surface area contributed by atoms with Crippen LogP contribution in [0.3, 0.4) is 0 Å². The molecule has 5 rings (SSSR count). The molecule has 2 heterocycles. The van der Waals surface area contributed by atoms with Gasteiger partial charge >= 0.3 is 0 Å². The van der Waals surface area contributed by atoms with Gasteiger partial charge in [-0.15, -0.1) is 0 Å². The first-order chi connectivity index (χ1) is 17.8. The molecule has 1 spiro atoms. The molecule has 194 valence electrons. The normalized spacial score (nSPS) is 18.2. The first-order valence-electron chi connectivity index (χ1n) is 13.6. The van der Waals surface area contributed by atoms with E-state index in [0.717, 1.165) is 57.4 Å². The van der Waals surface area contributed by atoms with Gasteiger partial charge in [-0.1, -0.05) is 49.7 Å². The molecule has 1 saturated carbocycles. The van der Waals surface area contributed by atoms with Crippen molar-refractivity contribution in [2.45, 2.75) is 58.8 Å². The Morgan fingerprint density at radius 2 is 1.73 bits per heavy atom. The van der Waals surface area contributed by atoms with Crippen LogP contribution in [0.25, 0.3) is 6.08 Å². The van der Waals surface area contributed by atoms with E-state index in [1.807, 2.05) is 34.1 Å². The van der Waals surface area contributed by atoms with E-state index in [1.54, 1.807) is 0 Å². The lowest BCUT2D eigenvalue weighted by Crippen LogP contribution is -2.63. The maximum atomic E-state index is 13.3. The summed E-state index contributed by atoms with van der Waals surface area (Å²) < 4.78 is 0. The highest BCUT2D eigenvalue weighted by Crippen LogP contribution is 2.56. The molecule has 6 heteroatoms. The van der Waals surface area contributed by atoms with Crippen LogP contribution in [0.1, 0.15) is 78.9 Å². The number of carbonyl (C=O) groups is 2. The highest BCUT2D eigenvalue weighted by Gasteiger charge is 2.53. The average Bonchev–Trinajstić information content (AvgIpc) is 3.00. The number of likely N-dealkylation sites (tertiary alicyclic amines) is 1. The molecule has 6 nitrogen and oxygen atoms in total. The topological polar surface area (TPSA) is 79.0 Å². The van der Waals surface area contributed by atoms with Crippen molar-refractivity contribution in [2.75, 3.05) is 26.2 Å². The van der Waals surface area contributed by atoms with Crippen LogP contribution in [0, 0.1) is 12.3 Å². The monoisotopic (exact) mass is 498 g/mol. The quantitative estimate of drug-likeness (QED) is 0.552. The van der Waals surface area contributed by atoms with Crippen molar-refractivity contribution in [1.29, 1.82) is 0 Å². The lowest BCUT2D eigenvalue weighted by Gasteiger charge is -2.59. The summed E-state index contributed by atoms with van der Waals surface area (Å²) in [4.78, 5) is 34.9. The molecule has 0 radical (unpaired) electrons. The summed E-state index contributed by atoms with van der Waals surface area (Å²) in [5.41, 5.74) is 12.0. The number of hydrogen-bond acceptors (Lipinski definition) is 4. The van der Waals surface area contributed by atoms with Gasteiger partial charge in [-0.2, -0.15) is 0 Å². The van der Waals surface area contributed by atoms with Crippen molar-refractivity contribution in [3.8, 4) is 0 Å². The smallest absolute Gasteiger partial charge is 0.253 e. The van der Waals surface area contributed by atoms with Crippen LogP contribution in [0.4, 0.5) is 5.69 Å². The summed E-state index contributed by atoms with van der Waals surface area (Å²) in [6.07, 6.45) is 6.34. The molecule has 0 atom stereocenters. The highest BCUT2D eigenvalue weighted by molar-refractivity contribution is 6.06. The van der Waals surface area contributed by atoms with Crippen LogP contribution in [-0.2, 0) is 4.79 Å². The number of fused-ring (bicyclic) bond motifs is 1. The number of nitrogens with zero attached hydrogens (tertiary/aromatic N) is 3. The van der Waals surface area contributed by atoms with Crippen LogP contribution in [0.2, 0.25) is 0 Å². The maximum absolute atomic E-state index is 13.3. The van der Waals surface area contributed by atoms with E-state index in [9.17, 15) is 9.59 Å². The summed E-state index contributed by atoms with van der Waals surface area (Å²) in [7, 11) is 0. The Balaban J connectivity index is 1.26. The largest absolute Gasteiger partial charge is 0.387 e. The number of rotatable bonds is 7. The Bertz CT molecular complexity index is 1240. The molecule has 0 bridgehead atoms. The van der Waals surface area contributed by atoms with Gasteiger partial charge in [0.2, 0.25) is 5.91 Å². The minimum Gasteiger partial charge on any atom is -0.387 e. The predicted molar refractivity (Wildman–Crippen MR) is 149 cm³/mol. The van der Waals surface area contributed by atoms with Gasteiger partial charge in [0.25, 0.3) is 5.91 Å². The Labute approximate surface area is 220 Å². The SMILES string of the molecule is CCCN(CCC)C(=O)C1=Cc2ccc(C(=O)N3CC4(CC(c5ccc(C)cc5)C4)C3)cc2N=C(N)C1. The van der Waals surface area contributed by atoms with Gasteiger partial charge in [0.05, 0.1) is 5.69 Å². The summed E-state index contributed by atoms with van der Waals surface area (Å²) >= 11 is 0. The molecule has 0 unspecified atom stereocenters. The number of amides is 2. The number of hydrogen-bond donors (Lipinski definition) is 1. The zero-order valence-corrected chi connectivity index (χ0v) is 22.3. The van der Waals surface area contributed by atoms with Crippen LogP contribution in [0.15, 0.2) is 53.0 Å². The molecular formula is C31H38N4O2. The van der Waals surface area contributed by atoms with Gasteiger partial charge < -0.3 is 15.5 Å². The predicted octanol–water partition coefficient (Wildman–Crippen LogP) is 5.44. The fourth-order valence-electron chi connectivity index (χ4n) is 6.13. The first kappa shape index (κ1) is 25.2. The van der Waals surface area contributed by atoms with Crippen molar-refractivity contribution in [3.05, 3.63) is 70.3 Å². The number of aryl methyl sites for hydroxylation is 1. The standard InChI is InChI=1S/C31H38N4O2/c1-4-12-34(13-5-2)30(37)25-14-23-10-11-24(15-27(23)33-28(32)16-25)29(36)35-19-31(20-35)17-26(18-31)22-8-6-21(3)7-9-22/h6-11,14-15,26H,4-5,12-13,16-20H2,1-3H3,(H2,32,33). The van der Waals surface area contributed by atoms with Crippen LogP contribution < -0.4 is 5.73 Å². The highest BCUT2D eigenvalue weighted by atomic mass is 16.2. The van der Waals surface area contributed by atoms with Crippen molar-refractivity contribution in [1.82, 2.24) is 9.80 Å². The Morgan fingerprint density at radius 3 is 2.38 bits per heavy atom. The van der Waals surface area contributed by atoms with E-state index in [0.29, 0.717) is 35.0 Å². The summed E-state index contributed by atoms with van der Waals surface area (Å²) in [6.45, 7) is 9.37. The third-order valence-corrected chi connectivity index (χ3v) is 8.04. The van der Waals surface area contributed by atoms with E-state index in [-0.39, 0.29) is 17.2 Å². The molecule has 0 aromatic heterocycles. The average molecular weight is 499 g/mol. The fourth-order valence-corrected chi connectivity index (χ4v) is 6.13. The van der Waals surface area contributed by atoms with Crippen molar-refractivity contribution < 1.29 is 9.59 Å². The molecule has 1 aliphatic carbocycles. The zero-order valence-electron chi connectivity index (χ0n) is 22.3. The second kappa shape index (κ2) is 10.2. The molecule has 2 aromatic carbocycles. The molecule has 2 amide bonds. The summed E-state index contributed by atoms with van der Waals surface area (Å²) in [5, 5.41) is 0. The third kappa shape index (κ3) is 5.07. The van der Waals surface area contributed by atoms with E-state index in [2.05, 4.69) is 50.0 Å². The van der Waals surface area contributed by atoms with Crippen molar-refractivity contribution in [2.24, 2.45) is 16.1 Å². The minimum atomic E-state index is 0.0187. The molecule has 3 aliphatic rings. The second-order valence-corrected chi connectivity index (χ2v) is 11.2. The summed E-state index contributed by atoms with van der Waals surface area (Å²) in [5.74, 6) is 1.07. The van der Waals surface area contributed by atoms with Gasteiger partial charge in [-0.3, -0.25) is 9.59 Å². The zero-order chi connectivity index (χ0) is 26.2. The van der Waals surface area contributed by atoms with Gasteiger partial charge in [0.1, 0.15) is 5.84 Å². The number of aliphatic imine (C=N–C) groups is 1. The van der Waals surface area contributed by atoms with Gasteiger partial charge in [-0.05, 0) is 62.3 Å². The van der Waals surface area contributed by atoms with E-state index in [4.69, 9.17) is 5.73 Å². The number of benzene rings is 2. The molecule has 2 N–H and O–H groups in total. The lowest BCUT2D eigenvalue weighted by atomic mass is 9.56. The maximum Gasteiger partial charge on any atom is 0.253 e. The Morgan fingerprint density at radius 1 is 1.05 bits per heavy atom. The van der Waals surface area contributed by atoms with Crippen LogP contribution in [-0.4, -0.2) is 53.6 Å². The minimum absolute atomic E-state index is 0.0187. The fraction of sp³-hybridized carbons (Fsp3) is 0.452. The van der Waals surface area contributed by atoms with E-state index in [1.165, 1.54) is 11.1 Å². The Kier molecular flexibility index (Phi) is 6.93. The number of amidine groups is 1. The lowest BCUT2D eigenvalue weighted by molar-refractivity contribution is -0.127. The van der Waals surface area contributed by atoms with Gasteiger partial charge in [0, 0.05) is 54.7 Å². The molecule has 1 saturated heterocycles. The first-order valence-corrected chi connectivity index (χ1v) is 13.6. The van der Waals surface area contributed by atoms with E-state index < -0.39 is 0 Å². The van der Waals surface area contributed by atoms with Crippen LogP contribution in [0.5, 0.6) is 0 Å². The van der Waals surface area contributed by atoms with Crippen molar-refractivity contribution >= 4 is 29.4 Å². The molecule has 2 fully saturated rings. The Hall–Kier alpha value is -3.41. The van der Waals surface area contributed by atoms with E-state index >= 15 is 0 Å².